The number of unbranched alkanes of at least 4 members (excludes halogenated alkanes) is 1. The van der Waals surface area contributed by atoms with Crippen molar-refractivity contribution in [1.29, 1.82) is 0 Å². The SMILES string of the molecule is CCCC[C@@H](O)CC1CCCCC1. The summed E-state index contributed by atoms with van der Waals surface area (Å²) in [6.07, 6.45) is 11.4. The Morgan fingerprint density at radius 1 is 1.23 bits per heavy atom. The molecule has 1 aliphatic rings. The van der Waals surface area contributed by atoms with Gasteiger partial charge in [0.05, 0.1) is 6.10 Å². The molecule has 0 spiro atoms. The van der Waals surface area contributed by atoms with Crippen molar-refractivity contribution in [2.45, 2.75) is 70.8 Å². The van der Waals surface area contributed by atoms with Gasteiger partial charge in [0.25, 0.3) is 0 Å². The highest BCUT2D eigenvalue weighted by atomic mass is 16.3. The average molecular weight is 184 g/mol. The molecule has 1 saturated carbocycles. The zero-order valence-electron chi connectivity index (χ0n) is 8.97. The van der Waals surface area contributed by atoms with E-state index in [-0.39, 0.29) is 6.10 Å². The van der Waals surface area contributed by atoms with Gasteiger partial charge in [0.1, 0.15) is 0 Å². The van der Waals surface area contributed by atoms with Gasteiger partial charge < -0.3 is 5.11 Å². The van der Waals surface area contributed by atoms with Gasteiger partial charge in [-0.1, -0.05) is 51.9 Å². The molecule has 0 saturated heterocycles. The smallest absolute Gasteiger partial charge is 0.0542 e. The van der Waals surface area contributed by atoms with Gasteiger partial charge >= 0.3 is 0 Å². The van der Waals surface area contributed by atoms with Crippen LogP contribution in [0.25, 0.3) is 0 Å². The molecular formula is C12H24O. The van der Waals surface area contributed by atoms with Crippen LogP contribution in [0.15, 0.2) is 0 Å². The molecule has 0 aromatic carbocycles. The first-order valence-electron chi connectivity index (χ1n) is 6.01. The van der Waals surface area contributed by atoms with Gasteiger partial charge in [0, 0.05) is 0 Å². The standard InChI is InChI=1S/C12H24O/c1-2-3-9-12(13)10-11-7-5-4-6-8-11/h11-13H,2-10H2,1H3/t12-/m1/s1. The molecule has 0 amide bonds. The highest BCUT2D eigenvalue weighted by molar-refractivity contribution is 4.69. The van der Waals surface area contributed by atoms with Gasteiger partial charge in [-0.2, -0.15) is 0 Å². The number of hydrogen-bond donors (Lipinski definition) is 1. The summed E-state index contributed by atoms with van der Waals surface area (Å²) in [6.45, 7) is 2.19. The molecule has 1 rings (SSSR count). The molecule has 0 radical (unpaired) electrons. The summed E-state index contributed by atoms with van der Waals surface area (Å²) in [6, 6.07) is 0. The van der Waals surface area contributed by atoms with Gasteiger partial charge in [-0.05, 0) is 18.8 Å². The predicted octanol–water partition coefficient (Wildman–Crippen LogP) is 3.51. The molecule has 0 heterocycles. The van der Waals surface area contributed by atoms with Crippen molar-refractivity contribution in [3.63, 3.8) is 0 Å². The average Bonchev–Trinajstić information content (AvgIpc) is 2.16. The number of aliphatic hydroxyl groups excluding tert-OH is 1. The van der Waals surface area contributed by atoms with E-state index in [1.165, 1.54) is 44.9 Å². The quantitative estimate of drug-likeness (QED) is 0.693. The second-order valence-electron chi connectivity index (χ2n) is 4.54. The van der Waals surface area contributed by atoms with Gasteiger partial charge in [0.15, 0.2) is 0 Å². The molecule has 0 aliphatic heterocycles. The summed E-state index contributed by atoms with van der Waals surface area (Å²) in [5.74, 6) is 0.834. The lowest BCUT2D eigenvalue weighted by Crippen LogP contribution is -2.15. The summed E-state index contributed by atoms with van der Waals surface area (Å²) >= 11 is 0. The maximum absolute atomic E-state index is 9.73. The summed E-state index contributed by atoms with van der Waals surface area (Å²) in [7, 11) is 0. The van der Waals surface area contributed by atoms with E-state index in [4.69, 9.17) is 0 Å². The highest BCUT2D eigenvalue weighted by Crippen LogP contribution is 2.28. The second kappa shape index (κ2) is 6.42. The fourth-order valence-electron chi connectivity index (χ4n) is 2.37. The number of hydrogen-bond acceptors (Lipinski definition) is 1. The Morgan fingerprint density at radius 2 is 1.92 bits per heavy atom. The normalized spacial score (nSPS) is 21.7. The number of aliphatic hydroxyl groups is 1. The van der Waals surface area contributed by atoms with E-state index in [0.29, 0.717) is 0 Å². The van der Waals surface area contributed by atoms with Crippen LogP contribution in [0.1, 0.15) is 64.7 Å². The maximum Gasteiger partial charge on any atom is 0.0542 e. The van der Waals surface area contributed by atoms with Gasteiger partial charge in [-0.15, -0.1) is 0 Å². The minimum atomic E-state index is -0.0111. The summed E-state index contributed by atoms with van der Waals surface area (Å²) < 4.78 is 0. The molecule has 1 atom stereocenters. The third kappa shape index (κ3) is 4.66. The molecular weight excluding hydrogens is 160 g/mol. The van der Waals surface area contributed by atoms with Crippen LogP contribution in [0.4, 0.5) is 0 Å². The van der Waals surface area contributed by atoms with Gasteiger partial charge in [-0.3, -0.25) is 0 Å². The first kappa shape index (κ1) is 11.0. The molecule has 13 heavy (non-hydrogen) atoms. The highest BCUT2D eigenvalue weighted by Gasteiger charge is 2.16. The number of rotatable bonds is 5. The molecule has 1 heteroatoms. The topological polar surface area (TPSA) is 20.2 Å². The van der Waals surface area contributed by atoms with E-state index >= 15 is 0 Å². The molecule has 0 aromatic heterocycles. The summed E-state index contributed by atoms with van der Waals surface area (Å²) in [4.78, 5) is 0. The van der Waals surface area contributed by atoms with Crippen LogP contribution >= 0.6 is 0 Å². The minimum absolute atomic E-state index is 0.0111. The van der Waals surface area contributed by atoms with E-state index in [1.807, 2.05) is 0 Å². The molecule has 0 bridgehead atoms. The Morgan fingerprint density at radius 3 is 2.54 bits per heavy atom. The largest absolute Gasteiger partial charge is 0.393 e. The molecule has 1 aliphatic carbocycles. The summed E-state index contributed by atoms with van der Waals surface area (Å²) in [5, 5.41) is 9.73. The van der Waals surface area contributed by atoms with Crippen LogP contribution < -0.4 is 0 Å². The lowest BCUT2D eigenvalue weighted by atomic mass is 9.85. The lowest BCUT2D eigenvalue weighted by molar-refractivity contribution is 0.119. The Balaban J connectivity index is 2.07. The van der Waals surface area contributed by atoms with Crippen molar-refractivity contribution in [3.8, 4) is 0 Å². The second-order valence-corrected chi connectivity index (χ2v) is 4.54. The first-order chi connectivity index (χ1) is 6.33. The van der Waals surface area contributed by atoms with Crippen molar-refractivity contribution in [2.75, 3.05) is 0 Å². The molecule has 0 aromatic rings. The molecule has 1 fully saturated rings. The Labute approximate surface area is 82.5 Å². The van der Waals surface area contributed by atoms with Gasteiger partial charge in [-0.25, -0.2) is 0 Å². The monoisotopic (exact) mass is 184 g/mol. The van der Waals surface area contributed by atoms with Crippen LogP contribution in [0.2, 0.25) is 0 Å². The van der Waals surface area contributed by atoms with Crippen LogP contribution in [-0.4, -0.2) is 11.2 Å². The zero-order chi connectivity index (χ0) is 9.52. The Bertz CT molecular complexity index is 116. The van der Waals surface area contributed by atoms with Crippen molar-refractivity contribution >= 4 is 0 Å². The van der Waals surface area contributed by atoms with Crippen molar-refractivity contribution < 1.29 is 5.11 Å². The van der Waals surface area contributed by atoms with Gasteiger partial charge in [0.2, 0.25) is 0 Å². The lowest BCUT2D eigenvalue weighted by Gasteiger charge is -2.23. The van der Waals surface area contributed by atoms with Crippen molar-refractivity contribution in [2.24, 2.45) is 5.92 Å². The van der Waals surface area contributed by atoms with Crippen LogP contribution in [0.3, 0.4) is 0 Å². The summed E-state index contributed by atoms with van der Waals surface area (Å²) in [5.41, 5.74) is 0. The van der Waals surface area contributed by atoms with Crippen molar-refractivity contribution in [3.05, 3.63) is 0 Å². The molecule has 1 N–H and O–H groups in total. The van der Waals surface area contributed by atoms with Crippen LogP contribution in [-0.2, 0) is 0 Å². The fourth-order valence-corrected chi connectivity index (χ4v) is 2.37. The van der Waals surface area contributed by atoms with Crippen LogP contribution in [0, 0.1) is 5.92 Å². The van der Waals surface area contributed by atoms with E-state index < -0.39 is 0 Å². The molecule has 78 valence electrons. The molecule has 0 unspecified atom stereocenters. The zero-order valence-corrected chi connectivity index (χ0v) is 8.97. The van der Waals surface area contributed by atoms with E-state index in [1.54, 1.807) is 0 Å². The van der Waals surface area contributed by atoms with Crippen molar-refractivity contribution in [1.82, 2.24) is 0 Å². The Hall–Kier alpha value is -0.0400. The van der Waals surface area contributed by atoms with E-state index in [2.05, 4.69) is 6.92 Å². The van der Waals surface area contributed by atoms with E-state index in [0.717, 1.165) is 18.8 Å². The predicted molar refractivity (Wildman–Crippen MR) is 56.7 cm³/mol. The third-order valence-electron chi connectivity index (χ3n) is 3.22. The Kier molecular flexibility index (Phi) is 5.45. The minimum Gasteiger partial charge on any atom is -0.393 e. The third-order valence-corrected chi connectivity index (χ3v) is 3.22. The maximum atomic E-state index is 9.73. The van der Waals surface area contributed by atoms with E-state index in [9.17, 15) is 5.11 Å². The molecule has 1 nitrogen and oxygen atoms in total. The first-order valence-corrected chi connectivity index (χ1v) is 6.01. The fraction of sp³-hybridized carbons (Fsp3) is 1.00. The van der Waals surface area contributed by atoms with Crippen LogP contribution in [0.5, 0.6) is 0 Å².